The van der Waals surface area contributed by atoms with E-state index in [1.165, 1.54) is 0 Å². The molecule has 12 heteroatoms. The molecular formula is C26H54N2O10. The van der Waals surface area contributed by atoms with Gasteiger partial charge in [0.05, 0.1) is 132 Å². The SMILES string of the molecule is CNCCOCCOCCOCCOCCOCCOCCOCCOCCOCCOC1CCNCC1. The van der Waals surface area contributed by atoms with Crippen molar-refractivity contribution < 1.29 is 47.4 Å². The van der Waals surface area contributed by atoms with E-state index in [2.05, 4.69) is 10.6 Å². The van der Waals surface area contributed by atoms with Crippen LogP contribution in [0, 0.1) is 0 Å². The summed E-state index contributed by atoms with van der Waals surface area (Å²) >= 11 is 0. The molecule has 0 radical (unpaired) electrons. The maximum Gasteiger partial charge on any atom is 0.0704 e. The first-order valence-corrected chi connectivity index (χ1v) is 14.1. The Hall–Kier alpha value is -0.480. The number of hydrogen-bond acceptors (Lipinski definition) is 12. The van der Waals surface area contributed by atoms with Crippen LogP contribution in [-0.2, 0) is 47.4 Å². The van der Waals surface area contributed by atoms with Crippen molar-refractivity contribution in [3.63, 3.8) is 0 Å². The molecule has 38 heavy (non-hydrogen) atoms. The summed E-state index contributed by atoms with van der Waals surface area (Å²) in [5.74, 6) is 0. The number of hydrogen-bond donors (Lipinski definition) is 2. The highest BCUT2D eigenvalue weighted by Gasteiger charge is 2.12. The van der Waals surface area contributed by atoms with Gasteiger partial charge in [-0.2, -0.15) is 0 Å². The van der Waals surface area contributed by atoms with E-state index in [0.717, 1.165) is 32.5 Å². The van der Waals surface area contributed by atoms with Gasteiger partial charge in [0.15, 0.2) is 0 Å². The normalized spacial score (nSPS) is 14.4. The summed E-state index contributed by atoms with van der Waals surface area (Å²) in [4.78, 5) is 0. The number of rotatable bonds is 31. The number of nitrogens with one attached hydrogen (secondary N) is 2. The molecule has 1 saturated heterocycles. The molecule has 1 aliphatic heterocycles. The lowest BCUT2D eigenvalue weighted by molar-refractivity contribution is -0.0321. The molecule has 0 aromatic heterocycles. The van der Waals surface area contributed by atoms with Gasteiger partial charge in [-0.25, -0.2) is 0 Å². The third-order valence-corrected chi connectivity index (χ3v) is 5.34. The minimum atomic E-state index is 0.377. The fourth-order valence-electron chi connectivity index (χ4n) is 3.27. The summed E-state index contributed by atoms with van der Waals surface area (Å²) in [5, 5.41) is 6.35. The first-order chi connectivity index (χ1) is 18.9. The lowest BCUT2D eigenvalue weighted by Gasteiger charge is -2.22. The minimum absolute atomic E-state index is 0.377. The molecule has 0 aromatic rings. The van der Waals surface area contributed by atoms with Crippen LogP contribution < -0.4 is 10.6 Å². The molecule has 1 fully saturated rings. The summed E-state index contributed by atoms with van der Waals surface area (Å²) in [5.41, 5.74) is 0. The van der Waals surface area contributed by atoms with Gasteiger partial charge in [0.1, 0.15) is 0 Å². The molecule has 12 nitrogen and oxygen atoms in total. The lowest BCUT2D eigenvalue weighted by Crippen LogP contribution is -2.33. The quantitative estimate of drug-likeness (QED) is 0.113. The summed E-state index contributed by atoms with van der Waals surface area (Å²) in [6.07, 6.45) is 2.55. The van der Waals surface area contributed by atoms with Crippen LogP contribution in [0.5, 0.6) is 0 Å². The molecule has 0 spiro atoms. The van der Waals surface area contributed by atoms with Gasteiger partial charge in [0, 0.05) is 6.54 Å². The maximum absolute atomic E-state index is 5.78. The highest BCUT2D eigenvalue weighted by atomic mass is 16.6. The zero-order valence-electron chi connectivity index (χ0n) is 23.6. The van der Waals surface area contributed by atoms with E-state index in [4.69, 9.17) is 47.4 Å². The zero-order chi connectivity index (χ0) is 27.0. The van der Waals surface area contributed by atoms with Gasteiger partial charge < -0.3 is 58.0 Å². The van der Waals surface area contributed by atoms with Gasteiger partial charge >= 0.3 is 0 Å². The second kappa shape index (κ2) is 31.1. The number of piperidine rings is 1. The Balaban J connectivity index is 1.61. The van der Waals surface area contributed by atoms with Crippen LogP contribution >= 0.6 is 0 Å². The minimum Gasteiger partial charge on any atom is -0.378 e. The van der Waals surface area contributed by atoms with E-state index < -0.39 is 0 Å². The topological polar surface area (TPSA) is 116 Å². The smallest absolute Gasteiger partial charge is 0.0704 e. The van der Waals surface area contributed by atoms with Crippen molar-refractivity contribution in [1.82, 2.24) is 10.6 Å². The molecule has 228 valence electrons. The second-order valence-corrected chi connectivity index (χ2v) is 8.44. The van der Waals surface area contributed by atoms with Crippen LogP contribution in [0.2, 0.25) is 0 Å². The molecule has 1 heterocycles. The monoisotopic (exact) mass is 554 g/mol. The van der Waals surface area contributed by atoms with Crippen molar-refractivity contribution in [2.24, 2.45) is 0 Å². The van der Waals surface area contributed by atoms with Gasteiger partial charge in [-0.3, -0.25) is 0 Å². The molecule has 1 rings (SSSR count). The summed E-state index contributed by atoms with van der Waals surface area (Å²) < 4.78 is 54.9. The Morgan fingerprint density at radius 2 is 0.737 bits per heavy atom. The van der Waals surface area contributed by atoms with Crippen LogP contribution in [0.3, 0.4) is 0 Å². The zero-order valence-corrected chi connectivity index (χ0v) is 23.6. The Bertz CT molecular complexity index is 448. The molecule has 0 aliphatic carbocycles. The Morgan fingerprint density at radius 3 is 1.05 bits per heavy atom. The van der Waals surface area contributed by atoms with Gasteiger partial charge in [0.25, 0.3) is 0 Å². The van der Waals surface area contributed by atoms with Crippen molar-refractivity contribution in [3.05, 3.63) is 0 Å². The summed E-state index contributed by atoms with van der Waals surface area (Å²) in [6, 6.07) is 0. The maximum atomic E-state index is 5.78. The lowest BCUT2D eigenvalue weighted by atomic mass is 10.1. The van der Waals surface area contributed by atoms with E-state index in [1.54, 1.807) is 0 Å². The first-order valence-electron chi connectivity index (χ1n) is 14.1. The highest BCUT2D eigenvalue weighted by Crippen LogP contribution is 2.06. The van der Waals surface area contributed by atoms with E-state index in [1.807, 2.05) is 7.05 Å². The third kappa shape index (κ3) is 27.1. The van der Waals surface area contributed by atoms with Crippen LogP contribution in [0.15, 0.2) is 0 Å². The molecule has 0 aromatic carbocycles. The molecular weight excluding hydrogens is 500 g/mol. The van der Waals surface area contributed by atoms with Crippen LogP contribution in [-0.4, -0.2) is 158 Å². The van der Waals surface area contributed by atoms with E-state index in [9.17, 15) is 0 Å². The van der Waals surface area contributed by atoms with Gasteiger partial charge in [0.2, 0.25) is 0 Å². The van der Waals surface area contributed by atoms with E-state index in [0.29, 0.717) is 132 Å². The van der Waals surface area contributed by atoms with Gasteiger partial charge in [-0.15, -0.1) is 0 Å². The summed E-state index contributed by atoms with van der Waals surface area (Å²) in [6.45, 7) is 13.7. The Labute approximate surface area is 229 Å². The molecule has 0 saturated carbocycles. The molecule has 0 unspecified atom stereocenters. The molecule has 1 aliphatic rings. The summed E-state index contributed by atoms with van der Waals surface area (Å²) in [7, 11) is 1.90. The predicted octanol–water partition coefficient (Wildman–Crippen LogP) is 0.124. The average Bonchev–Trinajstić information content (AvgIpc) is 2.94. The standard InChI is InChI=1S/C26H54N2O10/c1-27-6-7-29-8-9-30-10-11-31-12-13-32-14-15-33-16-17-34-18-19-35-20-21-36-22-23-37-24-25-38-26-2-4-28-5-3-26/h26-28H,2-25H2,1H3. The van der Waals surface area contributed by atoms with Crippen molar-refractivity contribution in [2.75, 3.05) is 152 Å². The Morgan fingerprint density at radius 1 is 0.447 bits per heavy atom. The molecule has 0 bridgehead atoms. The van der Waals surface area contributed by atoms with E-state index in [-0.39, 0.29) is 0 Å². The Kier molecular flexibility index (Phi) is 29.0. The van der Waals surface area contributed by atoms with Crippen molar-refractivity contribution >= 4 is 0 Å². The number of likely N-dealkylation sites (N-methyl/N-ethyl adjacent to an activating group) is 1. The average molecular weight is 555 g/mol. The molecule has 0 amide bonds. The predicted molar refractivity (Wildman–Crippen MR) is 143 cm³/mol. The fourth-order valence-corrected chi connectivity index (χ4v) is 3.27. The van der Waals surface area contributed by atoms with Crippen LogP contribution in [0.25, 0.3) is 0 Å². The van der Waals surface area contributed by atoms with E-state index >= 15 is 0 Å². The molecule has 2 N–H and O–H groups in total. The third-order valence-electron chi connectivity index (χ3n) is 5.34. The second-order valence-electron chi connectivity index (χ2n) is 8.44. The van der Waals surface area contributed by atoms with Crippen LogP contribution in [0.1, 0.15) is 12.8 Å². The van der Waals surface area contributed by atoms with Crippen molar-refractivity contribution in [2.45, 2.75) is 18.9 Å². The number of ether oxygens (including phenoxy) is 10. The highest BCUT2D eigenvalue weighted by molar-refractivity contribution is 4.67. The largest absolute Gasteiger partial charge is 0.378 e. The van der Waals surface area contributed by atoms with Gasteiger partial charge in [-0.05, 0) is 33.0 Å². The van der Waals surface area contributed by atoms with Crippen LogP contribution in [0.4, 0.5) is 0 Å². The van der Waals surface area contributed by atoms with Crippen molar-refractivity contribution in [3.8, 4) is 0 Å². The fraction of sp³-hybridized carbons (Fsp3) is 1.00. The molecule has 0 atom stereocenters. The first kappa shape index (κ1) is 35.5. The van der Waals surface area contributed by atoms with Crippen molar-refractivity contribution in [1.29, 1.82) is 0 Å². The van der Waals surface area contributed by atoms with Gasteiger partial charge in [-0.1, -0.05) is 0 Å².